The highest BCUT2D eigenvalue weighted by molar-refractivity contribution is 7.92. The molecular weight excluding hydrogens is 428 g/mol. The first-order valence-electron chi connectivity index (χ1n) is 8.67. The van der Waals surface area contributed by atoms with Crippen molar-refractivity contribution in [2.45, 2.75) is 4.90 Å². The summed E-state index contributed by atoms with van der Waals surface area (Å²) >= 11 is 6.19. The van der Waals surface area contributed by atoms with E-state index in [0.717, 1.165) is 0 Å². The Labute approximate surface area is 178 Å². The molecule has 0 spiro atoms. The van der Waals surface area contributed by atoms with Gasteiger partial charge < -0.3 is 10.1 Å². The van der Waals surface area contributed by atoms with Crippen LogP contribution >= 0.6 is 11.6 Å². The van der Waals surface area contributed by atoms with Crippen LogP contribution in [-0.4, -0.2) is 27.4 Å². The number of esters is 1. The lowest BCUT2D eigenvalue weighted by Crippen LogP contribution is -2.15. The fourth-order valence-electron chi connectivity index (χ4n) is 2.59. The van der Waals surface area contributed by atoms with Crippen LogP contribution in [-0.2, 0) is 14.8 Å². The molecule has 0 aliphatic heterocycles. The number of nitrogens with one attached hydrogen (secondary N) is 2. The molecule has 0 radical (unpaired) electrons. The summed E-state index contributed by atoms with van der Waals surface area (Å²) in [7, 11) is -2.54. The van der Waals surface area contributed by atoms with Crippen LogP contribution in [0.25, 0.3) is 0 Å². The minimum atomic E-state index is -3.81. The predicted octanol–water partition coefficient (Wildman–Crippen LogP) is 4.18. The number of anilines is 2. The van der Waals surface area contributed by atoms with Crippen molar-refractivity contribution in [2.24, 2.45) is 0 Å². The maximum absolute atomic E-state index is 12.5. The number of sulfonamides is 1. The zero-order chi connectivity index (χ0) is 21.7. The molecule has 0 aliphatic carbocycles. The van der Waals surface area contributed by atoms with Crippen LogP contribution < -0.4 is 10.0 Å². The molecule has 154 valence electrons. The summed E-state index contributed by atoms with van der Waals surface area (Å²) in [6, 6.07) is 18.3. The summed E-state index contributed by atoms with van der Waals surface area (Å²) in [5.74, 6) is -0.999. The fraction of sp³-hybridized carbons (Fsp3) is 0.0476. The number of rotatable bonds is 6. The second-order valence-electron chi connectivity index (χ2n) is 6.14. The summed E-state index contributed by atoms with van der Waals surface area (Å²) in [4.78, 5) is 24.2. The van der Waals surface area contributed by atoms with E-state index in [1.54, 1.807) is 36.4 Å². The summed E-state index contributed by atoms with van der Waals surface area (Å²) < 4.78 is 31.9. The van der Waals surface area contributed by atoms with E-state index < -0.39 is 21.9 Å². The first-order valence-corrected chi connectivity index (χ1v) is 10.5. The zero-order valence-electron chi connectivity index (χ0n) is 15.8. The lowest BCUT2D eigenvalue weighted by molar-refractivity contribution is 0.0600. The standard InChI is InChI=1S/C21H17ClN2O5S/c1-29-21(26)15-6-5-7-16(12-15)23-20(25)14-10-11-19(18(22)13-14)24-30(27,28)17-8-3-2-4-9-17/h2-13,24H,1H3,(H,23,25). The monoisotopic (exact) mass is 444 g/mol. The quantitative estimate of drug-likeness (QED) is 0.555. The van der Waals surface area contributed by atoms with Gasteiger partial charge in [-0.15, -0.1) is 0 Å². The van der Waals surface area contributed by atoms with Crippen molar-refractivity contribution in [2.75, 3.05) is 17.1 Å². The SMILES string of the molecule is COC(=O)c1cccc(NC(=O)c2ccc(NS(=O)(=O)c3ccccc3)c(Cl)c2)c1. The summed E-state index contributed by atoms with van der Waals surface area (Å²) in [6.07, 6.45) is 0. The molecule has 9 heteroatoms. The Morgan fingerprint density at radius 3 is 2.30 bits per heavy atom. The van der Waals surface area contributed by atoms with Gasteiger partial charge in [-0.2, -0.15) is 0 Å². The van der Waals surface area contributed by atoms with Gasteiger partial charge in [0.1, 0.15) is 0 Å². The summed E-state index contributed by atoms with van der Waals surface area (Å²) in [5, 5.41) is 2.71. The van der Waals surface area contributed by atoms with Crippen molar-refractivity contribution >= 4 is 44.9 Å². The second kappa shape index (κ2) is 8.98. The van der Waals surface area contributed by atoms with Crippen molar-refractivity contribution in [3.8, 4) is 0 Å². The molecule has 1 amide bonds. The number of benzene rings is 3. The highest BCUT2D eigenvalue weighted by atomic mass is 35.5. The van der Waals surface area contributed by atoms with Crippen LogP contribution in [0.3, 0.4) is 0 Å². The number of methoxy groups -OCH3 is 1. The van der Waals surface area contributed by atoms with Gasteiger partial charge in [-0.25, -0.2) is 13.2 Å². The molecule has 3 aromatic rings. The molecule has 0 heterocycles. The molecule has 0 atom stereocenters. The normalized spacial score (nSPS) is 10.9. The number of amides is 1. The van der Waals surface area contributed by atoms with E-state index in [0.29, 0.717) is 11.3 Å². The van der Waals surface area contributed by atoms with Gasteiger partial charge in [0.15, 0.2) is 0 Å². The Morgan fingerprint density at radius 2 is 1.63 bits per heavy atom. The second-order valence-corrected chi connectivity index (χ2v) is 8.23. The molecule has 0 saturated heterocycles. The zero-order valence-corrected chi connectivity index (χ0v) is 17.3. The number of carbonyl (C=O) groups is 2. The van der Waals surface area contributed by atoms with Crippen molar-refractivity contribution in [1.29, 1.82) is 0 Å². The van der Waals surface area contributed by atoms with E-state index in [-0.39, 0.29) is 21.2 Å². The van der Waals surface area contributed by atoms with Gasteiger partial charge >= 0.3 is 5.97 Å². The number of hydrogen-bond donors (Lipinski definition) is 2. The van der Waals surface area contributed by atoms with Crippen molar-refractivity contribution in [3.63, 3.8) is 0 Å². The average Bonchev–Trinajstić information content (AvgIpc) is 2.75. The highest BCUT2D eigenvalue weighted by Gasteiger charge is 2.17. The van der Waals surface area contributed by atoms with E-state index in [9.17, 15) is 18.0 Å². The van der Waals surface area contributed by atoms with Crippen molar-refractivity contribution < 1.29 is 22.7 Å². The average molecular weight is 445 g/mol. The molecule has 3 aromatic carbocycles. The Balaban J connectivity index is 1.77. The molecule has 7 nitrogen and oxygen atoms in total. The topological polar surface area (TPSA) is 102 Å². The van der Waals surface area contributed by atoms with Crippen LogP contribution in [0.2, 0.25) is 5.02 Å². The van der Waals surface area contributed by atoms with Gasteiger partial charge in [0.2, 0.25) is 0 Å². The molecule has 0 aromatic heterocycles. The van der Waals surface area contributed by atoms with E-state index in [1.807, 2.05) is 0 Å². The molecule has 0 bridgehead atoms. The van der Waals surface area contributed by atoms with Crippen LogP contribution in [0.5, 0.6) is 0 Å². The van der Waals surface area contributed by atoms with Gasteiger partial charge in [-0.05, 0) is 48.5 Å². The van der Waals surface area contributed by atoms with E-state index in [1.165, 1.54) is 43.5 Å². The van der Waals surface area contributed by atoms with Gasteiger partial charge in [0.25, 0.3) is 15.9 Å². The van der Waals surface area contributed by atoms with Crippen LogP contribution in [0.4, 0.5) is 11.4 Å². The Morgan fingerprint density at radius 1 is 0.900 bits per heavy atom. The molecule has 0 saturated carbocycles. The maximum atomic E-state index is 12.5. The van der Waals surface area contributed by atoms with E-state index in [4.69, 9.17) is 11.6 Å². The smallest absolute Gasteiger partial charge is 0.337 e. The maximum Gasteiger partial charge on any atom is 0.337 e. The Kier molecular flexibility index (Phi) is 6.39. The third-order valence-corrected chi connectivity index (χ3v) is 5.76. The van der Waals surface area contributed by atoms with Crippen molar-refractivity contribution in [1.82, 2.24) is 0 Å². The number of halogens is 1. The van der Waals surface area contributed by atoms with Gasteiger partial charge in [0, 0.05) is 11.3 Å². The van der Waals surface area contributed by atoms with Crippen LogP contribution in [0.1, 0.15) is 20.7 Å². The van der Waals surface area contributed by atoms with Crippen LogP contribution in [0, 0.1) is 0 Å². The minimum Gasteiger partial charge on any atom is -0.465 e. The number of carbonyl (C=O) groups excluding carboxylic acids is 2. The lowest BCUT2D eigenvalue weighted by Gasteiger charge is -2.11. The van der Waals surface area contributed by atoms with E-state index in [2.05, 4.69) is 14.8 Å². The molecule has 0 fully saturated rings. The number of hydrogen-bond acceptors (Lipinski definition) is 5. The van der Waals surface area contributed by atoms with Gasteiger partial charge in [-0.1, -0.05) is 35.9 Å². The Bertz CT molecular complexity index is 1200. The summed E-state index contributed by atoms with van der Waals surface area (Å²) in [5.41, 5.74) is 1.04. The first-order chi connectivity index (χ1) is 14.3. The Hall–Kier alpha value is -3.36. The minimum absolute atomic E-state index is 0.0606. The fourth-order valence-corrected chi connectivity index (χ4v) is 3.97. The van der Waals surface area contributed by atoms with Crippen molar-refractivity contribution in [3.05, 3.63) is 88.9 Å². The number of ether oxygens (including phenoxy) is 1. The molecule has 2 N–H and O–H groups in total. The molecule has 0 aliphatic rings. The van der Waals surface area contributed by atoms with Gasteiger partial charge in [0.05, 0.1) is 28.3 Å². The molecule has 0 unspecified atom stereocenters. The lowest BCUT2D eigenvalue weighted by atomic mass is 10.1. The predicted molar refractivity (Wildman–Crippen MR) is 114 cm³/mol. The molecular formula is C21H17ClN2O5S. The van der Waals surface area contributed by atoms with Crippen LogP contribution in [0.15, 0.2) is 77.7 Å². The molecule has 30 heavy (non-hydrogen) atoms. The van der Waals surface area contributed by atoms with Gasteiger partial charge in [-0.3, -0.25) is 9.52 Å². The third-order valence-electron chi connectivity index (χ3n) is 4.07. The summed E-state index contributed by atoms with van der Waals surface area (Å²) in [6.45, 7) is 0. The largest absolute Gasteiger partial charge is 0.465 e. The third kappa shape index (κ3) is 4.97. The first kappa shape index (κ1) is 21.4. The molecule has 3 rings (SSSR count). The highest BCUT2D eigenvalue weighted by Crippen LogP contribution is 2.26. The van der Waals surface area contributed by atoms with E-state index >= 15 is 0 Å².